The van der Waals surface area contributed by atoms with Gasteiger partial charge in [0.05, 0.1) is 24.8 Å². The summed E-state index contributed by atoms with van der Waals surface area (Å²) in [6.07, 6.45) is 0. The minimum absolute atomic E-state index is 0.0348. The maximum Gasteiger partial charge on any atom is 0.335 e. The molecule has 0 unspecified atom stereocenters. The van der Waals surface area contributed by atoms with Gasteiger partial charge in [0.2, 0.25) is 0 Å². The van der Waals surface area contributed by atoms with Crippen LogP contribution >= 0.6 is 0 Å². The topological polar surface area (TPSA) is 91.9 Å². The van der Waals surface area contributed by atoms with Crippen molar-refractivity contribution in [3.05, 3.63) is 77.7 Å². The maximum absolute atomic E-state index is 14.2. The predicted molar refractivity (Wildman–Crippen MR) is 124 cm³/mol. The molecule has 0 amide bonds. The highest BCUT2D eigenvalue weighted by Crippen LogP contribution is 2.46. The molecule has 0 aliphatic rings. The standard InChI is InChI=1S/C26H24FNO5/c1-26(2,14-29)24-22(15-7-9-16(10-8-15)25(31)32)23-19(5-4-6-20(23)30)28(24)17-11-12-18(27)21(13-17)33-3/h4-13,29-30H,14H2,1-3H3,(H,31,32). The minimum Gasteiger partial charge on any atom is -0.507 e. The minimum atomic E-state index is -1.04. The van der Waals surface area contributed by atoms with Crippen LogP contribution in [0.2, 0.25) is 0 Å². The fourth-order valence-electron chi connectivity index (χ4n) is 4.15. The monoisotopic (exact) mass is 449 g/mol. The Balaban J connectivity index is 2.16. The van der Waals surface area contributed by atoms with Crippen LogP contribution in [0.1, 0.15) is 29.9 Å². The van der Waals surface area contributed by atoms with Crippen molar-refractivity contribution in [2.45, 2.75) is 19.3 Å². The molecule has 4 aromatic rings. The van der Waals surface area contributed by atoms with Gasteiger partial charge in [-0.1, -0.05) is 32.0 Å². The fraction of sp³-hybridized carbons (Fsp3) is 0.192. The molecule has 3 aromatic carbocycles. The first-order valence-electron chi connectivity index (χ1n) is 10.3. The van der Waals surface area contributed by atoms with Crippen LogP contribution in [-0.2, 0) is 5.41 Å². The molecule has 0 saturated carbocycles. The molecule has 6 nitrogen and oxygen atoms in total. The van der Waals surface area contributed by atoms with Gasteiger partial charge in [0.15, 0.2) is 11.6 Å². The Morgan fingerprint density at radius 3 is 2.39 bits per heavy atom. The molecule has 0 bridgehead atoms. The number of aromatic nitrogens is 1. The molecule has 1 heterocycles. The van der Waals surface area contributed by atoms with Gasteiger partial charge in [-0.25, -0.2) is 9.18 Å². The summed E-state index contributed by atoms with van der Waals surface area (Å²) in [5.74, 6) is -1.45. The number of benzene rings is 3. The number of aromatic hydroxyl groups is 1. The van der Waals surface area contributed by atoms with E-state index in [0.717, 1.165) is 0 Å². The number of methoxy groups -OCH3 is 1. The number of carbonyl (C=O) groups is 1. The molecule has 0 saturated heterocycles. The number of aromatic carboxylic acids is 1. The number of rotatable bonds is 6. The Kier molecular flexibility index (Phi) is 5.59. The van der Waals surface area contributed by atoms with Gasteiger partial charge in [-0.15, -0.1) is 0 Å². The summed E-state index contributed by atoms with van der Waals surface area (Å²) in [6.45, 7) is 3.53. The highest BCUT2D eigenvalue weighted by atomic mass is 19.1. The van der Waals surface area contributed by atoms with E-state index in [4.69, 9.17) is 4.74 Å². The lowest BCUT2D eigenvalue weighted by molar-refractivity contribution is 0.0697. The first kappa shape index (κ1) is 22.4. The second kappa shape index (κ2) is 8.26. The molecule has 0 fully saturated rings. The molecule has 1 aromatic heterocycles. The normalized spacial score (nSPS) is 11.7. The average Bonchev–Trinajstić information content (AvgIpc) is 3.17. The van der Waals surface area contributed by atoms with Crippen molar-refractivity contribution >= 4 is 16.9 Å². The van der Waals surface area contributed by atoms with Crippen molar-refractivity contribution in [1.82, 2.24) is 4.57 Å². The predicted octanol–water partition coefficient (Wildman–Crippen LogP) is 5.12. The number of halogens is 1. The van der Waals surface area contributed by atoms with Gasteiger partial charge in [0.25, 0.3) is 0 Å². The van der Waals surface area contributed by atoms with E-state index in [1.165, 1.54) is 25.3 Å². The highest BCUT2D eigenvalue weighted by molar-refractivity contribution is 6.04. The third-order valence-electron chi connectivity index (χ3n) is 5.82. The number of hydrogen-bond acceptors (Lipinski definition) is 4. The smallest absolute Gasteiger partial charge is 0.335 e. The largest absolute Gasteiger partial charge is 0.507 e. The summed E-state index contributed by atoms with van der Waals surface area (Å²) in [7, 11) is 1.38. The van der Waals surface area contributed by atoms with Crippen LogP contribution in [0.25, 0.3) is 27.7 Å². The summed E-state index contributed by atoms with van der Waals surface area (Å²) in [5.41, 5.74) is 2.61. The Labute approximate surface area is 190 Å². The number of nitrogens with zero attached hydrogens (tertiary/aromatic N) is 1. The van der Waals surface area contributed by atoms with E-state index in [2.05, 4.69) is 0 Å². The fourth-order valence-corrected chi connectivity index (χ4v) is 4.15. The van der Waals surface area contributed by atoms with Gasteiger partial charge < -0.3 is 24.6 Å². The number of carboxylic acid groups (broad SMARTS) is 1. The second-order valence-corrected chi connectivity index (χ2v) is 8.47. The lowest BCUT2D eigenvalue weighted by Crippen LogP contribution is -2.26. The summed E-state index contributed by atoms with van der Waals surface area (Å²) < 4.78 is 21.2. The zero-order valence-corrected chi connectivity index (χ0v) is 18.5. The molecule has 0 aliphatic heterocycles. The average molecular weight is 449 g/mol. The van der Waals surface area contributed by atoms with E-state index < -0.39 is 17.2 Å². The van der Waals surface area contributed by atoms with Crippen LogP contribution in [0, 0.1) is 5.82 Å². The summed E-state index contributed by atoms with van der Waals surface area (Å²) >= 11 is 0. The second-order valence-electron chi connectivity index (χ2n) is 8.47. The van der Waals surface area contributed by atoms with E-state index in [0.29, 0.717) is 33.4 Å². The molecule has 0 aliphatic carbocycles. The van der Waals surface area contributed by atoms with Crippen LogP contribution in [0.3, 0.4) is 0 Å². The van der Waals surface area contributed by atoms with Crippen molar-refractivity contribution in [2.75, 3.05) is 13.7 Å². The van der Waals surface area contributed by atoms with Gasteiger partial charge in [0.1, 0.15) is 5.75 Å². The molecular weight excluding hydrogens is 425 g/mol. The zero-order valence-electron chi connectivity index (χ0n) is 18.5. The third-order valence-corrected chi connectivity index (χ3v) is 5.82. The van der Waals surface area contributed by atoms with Crippen LogP contribution < -0.4 is 4.74 Å². The molecule has 33 heavy (non-hydrogen) atoms. The van der Waals surface area contributed by atoms with Gasteiger partial charge in [0, 0.05) is 33.8 Å². The van der Waals surface area contributed by atoms with Crippen molar-refractivity contribution in [1.29, 1.82) is 0 Å². The van der Waals surface area contributed by atoms with Crippen LogP contribution in [0.4, 0.5) is 4.39 Å². The highest BCUT2D eigenvalue weighted by Gasteiger charge is 2.32. The molecule has 170 valence electrons. The van der Waals surface area contributed by atoms with Crippen LogP contribution in [0.15, 0.2) is 60.7 Å². The quantitative estimate of drug-likeness (QED) is 0.380. The van der Waals surface area contributed by atoms with E-state index in [9.17, 15) is 24.5 Å². The number of aliphatic hydroxyl groups is 1. The number of carboxylic acids is 1. The zero-order chi connectivity index (χ0) is 23.9. The third kappa shape index (κ3) is 3.70. The first-order chi connectivity index (χ1) is 15.7. The molecular formula is C26H24FNO5. The van der Waals surface area contributed by atoms with Gasteiger partial charge in [-0.05, 0) is 42.0 Å². The molecule has 0 atom stereocenters. The Bertz CT molecular complexity index is 1360. The van der Waals surface area contributed by atoms with E-state index in [-0.39, 0.29) is 23.7 Å². The van der Waals surface area contributed by atoms with Gasteiger partial charge in [-0.3, -0.25) is 0 Å². The SMILES string of the molecule is COc1cc(-n2c(C(C)(C)CO)c(-c3ccc(C(=O)O)cc3)c3c(O)cccc32)ccc1F. The molecule has 4 rings (SSSR count). The van der Waals surface area contributed by atoms with Crippen LogP contribution in [-0.4, -0.2) is 39.6 Å². The number of fused-ring (bicyclic) bond motifs is 1. The summed E-state index contributed by atoms with van der Waals surface area (Å²) in [5, 5.41) is 31.0. The summed E-state index contributed by atoms with van der Waals surface area (Å²) in [4.78, 5) is 11.3. The van der Waals surface area contributed by atoms with E-state index in [1.54, 1.807) is 36.4 Å². The van der Waals surface area contributed by atoms with Gasteiger partial charge >= 0.3 is 5.97 Å². The lowest BCUT2D eigenvalue weighted by Gasteiger charge is -2.27. The maximum atomic E-state index is 14.2. The van der Waals surface area contributed by atoms with E-state index in [1.807, 2.05) is 24.5 Å². The number of phenolic OH excluding ortho intramolecular Hbond substituents is 1. The Morgan fingerprint density at radius 2 is 1.79 bits per heavy atom. The lowest BCUT2D eigenvalue weighted by atomic mass is 9.84. The Hall–Kier alpha value is -3.84. The van der Waals surface area contributed by atoms with Crippen molar-refractivity contribution in [3.8, 4) is 28.3 Å². The molecule has 0 spiro atoms. The van der Waals surface area contributed by atoms with Crippen molar-refractivity contribution in [2.24, 2.45) is 0 Å². The number of aliphatic hydroxyl groups excluding tert-OH is 1. The number of hydrogen-bond donors (Lipinski definition) is 3. The number of ether oxygens (including phenoxy) is 1. The summed E-state index contributed by atoms with van der Waals surface area (Å²) in [6, 6.07) is 15.9. The molecule has 7 heteroatoms. The molecule has 0 radical (unpaired) electrons. The first-order valence-corrected chi connectivity index (χ1v) is 10.3. The Morgan fingerprint density at radius 1 is 1.09 bits per heavy atom. The van der Waals surface area contributed by atoms with Crippen molar-refractivity contribution < 1.29 is 29.2 Å². The van der Waals surface area contributed by atoms with E-state index >= 15 is 0 Å². The van der Waals surface area contributed by atoms with Crippen LogP contribution in [0.5, 0.6) is 11.5 Å². The van der Waals surface area contributed by atoms with Crippen molar-refractivity contribution in [3.63, 3.8) is 0 Å². The molecule has 3 N–H and O–H groups in total. The van der Waals surface area contributed by atoms with Gasteiger partial charge in [-0.2, -0.15) is 0 Å². The number of phenols is 1.